The number of fused-ring (bicyclic) bond motifs is 1. The van der Waals surface area contributed by atoms with Crippen LogP contribution in [0.2, 0.25) is 0 Å². The van der Waals surface area contributed by atoms with Crippen molar-refractivity contribution < 1.29 is 14.7 Å². The number of carboxylic acid groups (broad SMARTS) is 1. The molecule has 1 aromatic rings. The van der Waals surface area contributed by atoms with E-state index in [1.165, 1.54) is 5.56 Å². The zero-order chi connectivity index (χ0) is 10.7. The standard InChI is InChI=1S/C11H11NO3/c13-11(14)7-15-12-10-6-5-8-3-1-2-4-9(8)10/h1-4H,5-7H2,(H,13,14). The summed E-state index contributed by atoms with van der Waals surface area (Å²) in [6.45, 7) is -0.383. The lowest BCUT2D eigenvalue weighted by Gasteiger charge is -1.99. The van der Waals surface area contributed by atoms with E-state index in [0.29, 0.717) is 0 Å². The van der Waals surface area contributed by atoms with E-state index in [9.17, 15) is 4.79 Å². The van der Waals surface area contributed by atoms with Crippen LogP contribution in [0.1, 0.15) is 17.5 Å². The van der Waals surface area contributed by atoms with E-state index < -0.39 is 5.97 Å². The average Bonchev–Trinajstić information content (AvgIpc) is 2.62. The summed E-state index contributed by atoms with van der Waals surface area (Å²) in [5.74, 6) is -1.01. The van der Waals surface area contributed by atoms with Crippen molar-refractivity contribution in [3.8, 4) is 0 Å². The molecule has 2 rings (SSSR count). The van der Waals surface area contributed by atoms with Crippen molar-refractivity contribution in [2.24, 2.45) is 5.16 Å². The van der Waals surface area contributed by atoms with Crippen LogP contribution in [0.15, 0.2) is 29.4 Å². The molecule has 0 saturated heterocycles. The maximum Gasteiger partial charge on any atom is 0.344 e. The van der Waals surface area contributed by atoms with E-state index in [1.807, 2.05) is 18.2 Å². The van der Waals surface area contributed by atoms with Gasteiger partial charge in [0.05, 0.1) is 5.71 Å². The number of hydrogen-bond donors (Lipinski definition) is 1. The molecule has 15 heavy (non-hydrogen) atoms. The van der Waals surface area contributed by atoms with Crippen LogP contribution < -0.4 is 0 Å². The summed E-state index contributed by atoms with van der Waals surface area (Å²) in [5.41, 5.74) is 3.16. The Labute approximate surface area is 87.2 Å². The molecule has 1 aliphatic carbocycles. The van der Waals surface area contributed by atoms with Crippen molar-refractivity contribution in [1.82, 2.24) is 0 Å². The van der Waals surface area contributed by atoms with E-state index in [4.69, 9.17) is 9.94 Å². The first-order valence-corrected chi connectivity index (χ1v) is 4.76. The number of carboxylic acids is 1. The summed E-state index contributed by atoms with van der Waals surface area (Å²) in [5, 5.41) is 12.2. The van der Waals surface area contributed by atoms with Gasteiger partial charge in [-0.2, -0.15) is 0 Å². The summed E-state index contributed by atoms with van der Waals surface area (Å²) in [4.78, 5) is 14.9. The van der Waals surface area contributed by atoms with Crippen LogP contribution in [0, 0.1) is 0 Å². The number of benzene rings is 1. The molecular weight excluding hydrogens is 194 g/mol. The second-order valence-corrected chi connectivity index (χ2v) is 3.36. The van der Waals surface area contributed by atoms with Crippen molar-refractivity contribution in [3.05, 3.63) is 35.4 Å². The largest absolute Gasteiger partial charge is 0.479 e. The summed E-state index contributed by atoms with van der Waals surface area (Å²) in [6, 6.07) is 7.96. The van der Waals surface area contributed by atoms with Crippen LogP contribution >= 0.6 is 0 Å². The van der Waals surface area contributed by atoms with Gasteiger partial charge in [0, 0.05) is 5.56 Å². The number of hydrogen-bond acceptors (Lipinski definition) is 3. The summed E-state index contributed by atoms with van der Waals surface area (Å²) >= 11 is 0. The molecule has 4 nitrogen and oxygen atoms in total. The van der Waals surface area contributed by atoms with Crippen molar-refractivity contribution in [2.75, 3.05) is 6.61 Å². The summed E-state index contributed by atoms with van der Waals surface area (Å²) in [7, 11) is 0. The van der Waals surface area contributed by atoms with Gasteiger partial charge in [0.2, 0.25) is 6.61 Å². The third-order valence-electron chi connectivity index (χ3n) is 2.32. The third-order valence-corrected chi connectivity index (χ3v) is 2.32. The van der Waals surface area contributed by atoms with E-state index >= 15 is 0 Å². The monoisotopic (exact) mass is 205 g/mol. The minimum atomic E-state index is -1.01. The lowest BCUT2D eigenvalue weighted by molar-refractivity contribution is -0.142. The topological polar surface area (TPSA) is 58.9 Å². The van der Waals surface area contributed by atoms with Gasteiger partial charge in [0.25, 0.3) is 0 Å². The van der Waals surface area contributed by atoms with Crippen molar-refractivity contribution in [2.45, 2.75) is 12.8 Å². The van der Waals surface area contributed by atoms with Crippen molar-refractivity contribution in [3.63, 3.8) is 0 Å². The molecule has 0 saturated carbocycles. The van der Waals surface area contributed by atoms with Crippen molar-refractivity contribution in [1.29, 1.82) is 0 Å². The fraction of sp³-hybridized carbons (Fsp3) is 0.273. The van der Waals surface area contributed by atoms with Crippen LogP contribution in [-0.4, -0.2) is 23.4 Å². The number of carbonyl (C=O) groups is 1. The Morgan fingerprint density at radius 3 is 3.00 bits per heavy atom. The fourth-order valence-electron chi connectivity index (χ4n) is 1.67. The van der Waals surface area contributed by atoms with Crippen LogP contribution in [0.5, 0.6) is 0 Å². The second-order valence-electron chi connectivity index (χ2n) is 3.36. The number of aryl methyl sites for hydroxylation is 1. The Morgan fingerprint density at radius 1 is 1.40 bits per heavy atom. The van der Waals surface area contributed by atoms with Gasteiger partial charge in [-0.1, -0.05) is 29.4 Å². The molecule has 4 heteroatoms. The Morgan fingerprint density at radius 2 is 2.20 bits per heavy atom. The molecule has 0 fully saturated rings. The number of oxime groups is 1. The SMILES string of the molecule is O=C(O)CON=C1CCc2ccccc21. The molecule has 0 heterocycles. The zero-order valence-electron chi connectivity index (χ0n) is 8.14. The second kappa shape index (κ2) is 4.13. The van der Waals surface area contributed by atoms with Gasteiger partial charge in [-0.3, -0.25) is 0 Å². The van der Waals surface area contributed by atoms with Gasteiger partial charge in [-0.15, -0.1) is 0 Å². The smallest absolute Gasteiger partial charge is 0.344 e. The quantitative estimate of drug-likeness (QED) is 0.759. The average molecular weight is 205 g/mol. The predicted octanol–water partition coefficient (Wildman–Crippen LogP) is 1.44. The Balaban J connectivity index is 2.10. The van der Waals surface area contributed by atoms with Gasteiger partial charge in [0.15, 0.2) is 0 Å². The number of nitrogens with zero attached hydrogens (tertiary/aromatic N) is 1. The molecule has 0 unspecified atom stereocenters. The van der Waals surface area contributed by atoms with E-state index in [1.54, 1.807) is 0 Å². The highest BCUT2D eigenvalue weighted by atomic mass is 16.6. The third kappa shape index (κ3) is 2.15. The molecule has 0 amide bonds. The van der Waals surface area contributed by atoms with Crippen LogP contribution in [0.25, 0.3) is 0 Å². The summed E-state index contributed by atoms with van der Waals surface area (Å²) in [6.07, 6.45) is 1.77. The molecule has 78 valence electrons. The van der Waals surface area contributed by atoms with Gasteiger partial charge in [0.1, 0.15) is 0 Å². The molecule has 0 aliphatic heterocycles. The Kier molecular flexibility index (Phi) is 2.67. The van der Waals surface area contributed by atoms with E-state index in [0.717, 1.165) is 24.1 Å². The molecule has 0 aromatic heterocycles. The predicted molar refractivity (Wildman–Crippen MR) is 54.9 cm³/mol. The van der Waals surface area contributed by atoms with Crippen LogP contribution in [0.3, 0.4) is 0 Å². The molecule has 0 atom stereocenters. The molecule has 0 bridgehead atoms. The highest BCUT2D eigenvalue weighted by molar-refractivity contribution is 6.04. The molecule has 1 aromatic carbocycles. The zero-order valence-corrected chi connectivity index (χ0v) is 8.14. The van der Waals surface area contributed by atoms with Gasteiger partial charge in [-0.25, -0.2) is 4.79 Å². The summed E-state index contributed by atoms with van der Waals surface area (Å²) < 4.78 is 0. The number of rotatable bonds is 3. The lowest BCUT2D eigenvalue weighted by atomic mass is 10.1. The molecule has 0 spiro atoms. The van der Waals surface area contributed by atoms with Gasteiger partial charge in [-0.05, 0) is 18.4 Å². The van der Waals surface area contributed by atoms with Crippen molar-refractivity contribution >= 4 is 11.7 Å². The first-order valence-electron chi connectivity index (χ1n) is 4.76. The molecule has 1 N–H and O–H groups in total. The maximum atomic E-state index is 10.2. The fourth-order valence-corrected chi connectivity index (χ4v) is 1.67. The first kappa shape index (κ1) is 9.71. The Bertz CT molecular complexity index is 412. The lowest BCUT2D eigenvalue weighted by Crippen LogP contribution is -2.05. The highest BCUT2D eigenvalue weighted by Crippen LogP contribution is 2.21. The van der Waals surface area contributed by atoms with E-state index in [-0.39, 0.29) is 6.61 Å². The maximum absolute atomic E-state index is 10.2. The normalized spacial score (nSPS) is 16.4. The van der Waals surface area contributed by atoms with Gasteiger partial charge < -0.3 is 9.94 Å². The highest BCUT2D eigenvalue weighted by Gasteiger charge is 2.17. The molecular formula is C11H11NO3. The van der Waals surface area contributed by atoms with Crippen LogP contribution in [-0.2, 0) is 16.1 Å². The first-order chi connectivity index (χ1) is 7.27. The van der Waals surface area contributed by atoms with Crippen LogP contribution in [0.4, 0.5) is 0 Å². The number of aliphatic carboxylic acids is 1. The van der Waals surface area contributed by atoms with E-state index in [2.05, 4.69) is 11.2 Å². The van der Waals surface area contributed by atoms with Gasteiger partial charge >= 0.3 is 5.97 Å². The molecule has 1 aliphatic rings. The minimum absolute atomic E-state index is 0.383. The Hall–Kier alpha value is -1.84. The molecule has 0 radical (unpaired) electrons. The minimum Gasteiger partial charge on any atom is -0.479 e.